The maximum absolute atomic E-state index is 6.08. The zero-order chi connectivity index (χ0) is 13.2. The predicted molar refractivity (Wildman–Crippen MR) is 76.0 cm³/mol. The van der Waals surface area contributed by atoms with Gasteiger partial charge in [-0.05, 0) is 44.4 Å². The van der Waals surface area contributed by atoms with Crippen LogP contribution in [0.3, 0.4) is 0 Å². The number of aryl methyl sites for hydroxylation is 1. The zero-order valence-corrected chi connectivity index (χ0v) is 11.6. The number of ether oxygens (including phenoxy) is 1. The lowest BCUT2D eigenvalue weighted by Crippen LogP contribution is -2.57. The number of hydrogen-bond donors (Lipinski definition) is 1. The van der Waals surface area contributed by atoms with Crippen molar-refractivity contribution in [1.82, 2.24) is 0 Å². The lowest BCUT2D eigenvalue weighted by atomic mass is 9.85. The monoisotopic (exact) mass is 248 g/mol. The Kier molecular flexibility index (Phi) is 3.93. The molecular weight excluding hydrogens is 224 g/mol. The van der Waals surface area contributed by atoms with Crippen molar-refractivity contribution in [2.45, 2.75) is 38.3 Å². The number of hydrogen-bond acceptors (Lipinski definition) is 3. The molecule has 2 rings (SSSR count). The quantitative estimate of drug-likeness (QED) is 0.892. The van der Waals surface area contributed by atoms with E-state index < -0.39 is 0 Å². The molecule has 1 aliphatic heterocycles. The van der Waals surface area contributed by atoms with Crippen LogP contribution in [-0.2, 0) is 4.74 Å². The van der Waals surface area contributed by atoms with Gasteiger partial charge in [0.05, 0.1) is 11.6 Å². The Bertz CT molecular complexity index is 407. The molecule has 0 aromatic heterocycles. The van der Waals surface area contributed by atoms with Crippen molar-refractivity contribution in [3.8, 4) is 0 Å². The van der Waals surface area contributed by atoms with Crippen LogP contribution in [-0.4, -0.2) is 31.8 Å². The average molecular weight is 248 g/mol. The van der Waals surface area contributed by atoms with Crippen LogP contribution in [0.1, 0.15) is 25.3 Å². The fraction of sp³-hybridized carbons (Fsp3) is 0.600. The van der Waals surface area contributed by atoms with Gasteiger partial charge in [-0.3, -0.25) is 0 Å². The molecule has 2 atom stereocenters. The molecule has 1 aromatic carbocycles. The first-order valence-corrected chi connectivity index (χ1v) is 6.69. The molecule has 1 aromatic rings. The van der Waals surface area contributed by atoms with E-state index in [0.29, 0.717) is 6.54 Å². The van der Waals surface area contributed by atoms with Gasteiger partial charge < -0.3 is 15.4 Å². The summed E-state index contributed by atoms with van der Waals surface area (Å²) in [4.78, 5) is 2.35. The summed E-state index contributed by atoms with van der Waals surface area (Å²) in [6, 6.07) is 8.61. The molecule has 0 saturated carbocycles. The van der Waals surface area contributed by atoms with Crippen molar-refractivity contribution in [1.29, 1.82) is 0 Å². The van der Waals surface area contributed by atoms with E-state index >= 15 is 0 Å². The van der Waals surface area contributed by atoms with Crippen LogP contribution < -0.4 is 10.6 Å². The highest BCUT2D eigenvalue weighted by molar-refractivity contribution is 5.50. The number of rotatable bonds is 3. The highest BCUT2D eigenvalue weighted by Crippen LogP contribution is 2.33. The van der Waals surface area contributed by atoms with Crippen molar-refractivity contribution >= 4 is 5.69 Å². The van der Waals surface area contributed by atoms with Crippen LogP contribution in [0.2, 0.25) is 0 Å². The molecule has 0 radical (unpaired) electrons. The van der Waals surface area contributed by atoms with Crippen LogP contribution in [0.5, 0.6) is 0 Å². The maximum atomic E-state index is 6.08. The minimum absolute atomic E-state index is 0.0332. The molecule has 18 heavy (non-hydrogen) atoms. The van der Waals surface area contributed by atoms with E-state index in [9.17, 15) is 0 Å². The first kappa shape index (κ1) is 13.4. The summed E-state index contributed by atoms with van der Waals surface area (Å²) in [5.74, 6) is 0. The van der Waals surface area contributed by atoms with E-state index in [1.807, 2.05) is 0 Å². The first-order valence-electron chi connectivity index (χ1n) is 6.69. The minimum atomic E-state index is 0.0332. The predicted octanol–water partition coefficient (Wildman–Crippen LogP) is 2.33. The number of benzene rings is 1. The van der Waals surface area contributed by atoms with Gasteiger partial charge in [0, 0.05) is 25.9 Å². The summed E-state index contributed by atoms with van der Waals surface area (Å²) in [7, 11) is 2.15. The molecule has 100 valence electrons. The normalized spacial score (nSPS) is 28.1. The van der Waals surface area contributed by atoms with E-state index in [1.165, 1.54) is 11.3 Å². The highest BCUT2D eigenvalue weighted by atomic mass is 16.5. The molecule has 1 aliphatic rings. The number of anilines is 1. The molecule has 0 bridgehead atoms. The Morgan fingerprint density at radius 2 is 2.28 bits per heavy atom. The molecule has 2 unspecified atom stereocenters. The highest BCUT2D eigenvalue weighted by Gasteiger charge is 2.38. The van der Waals surface area contributed by atoms with E-state index in [-0.39, 0.29) is 11.6 Å². The number of nitrogens with two attached hydrogens (primary N) is 1. The van der Waals surface area contributed by atoms with Gasteiger partial charge >= 0.3 is 0 Å². The number of nitrogens with zero attached hydrogens (tertiary/aromatic N) is 1. The van der Waals surface area contributed by atoms with E-state index in [2.05, 4.69) is 50.1 Å². The van der Waals surface area contributed by atoms with Crippen LogP contribution in [0.25, 0.3) is 0 Å². The third kappa shape index (κ3) is 2.52. The molecule has 0 aliphatic carbocycles. The Labute approximate surface area is 110 Å². The molecular formula is C15H24N2O. The van der Waals surface area contributed by atoms with E-state index in [0.717, 1.165) is 19.4 Å². The molecule has 3 heteroatoms. The van der Waals surface area contributed by atoms with Gasteiger partial charge in [0.15, 0.2) is 0 Å². The molecule has 1 fully saturated rings. The van der Waals surface area contributed by atoms with Gasteiger partial charge in [0.25, 0.3) is 0 Å². The first-order chi connectivity index (χ1) is 8.57. The molecule has 0 amide bonds. The van der Waals surface area contributed by atoms with Crippen molar-refractivity contribution in [2.24, 2.45) is 5.73 Å². The summed E-state index contributed by atoms with van der Waals surface area (Å²) in [6.07, 6.45) is 2.28. The van der Waals surface area contributed by atoms with Crippen molar-refractivity contribution in [3.63, 3.8) is 0 Å². The van der Waals surface area contributed by atoms with Crippen LogP contribution >= 0.6 is 0 Å². The maximum Gasteiger partial charge on any atom is 0.0569 e. The van der Waals surface area contributed by atoms with E-state index in [1.54, 1.807) is 0 Å². The summed E-state index contributed by atoms with van der Waals surface area (Å²) >= 11 is 0. The smallest absolute Gasteiger partial charge is 0.0569 e. The van der Waals surface area contributed by atoms with Crippen molar-refractivity contribution < 1.29 is 4.74 Å². The van der Waals surface area contributed by atoms with Crippen LogP contribution in [0, 0.1) is 6.92 Å². The molecule has 2 N–H and O–H groups in total. The third-order valence-electron chi connectivity index (χ3n) is 4.12. The lowest BCUT2D eigenvalue weighted by Gasteiger charge is -2.47. The summed E-state index contributed by atoms with van der Waals surface area (Å²) < 4.78 is 5.66. The van der Waals surface area contributed by atoms with Crippen molar-refractivity contribution in [3.05, 3.63) is 29.8 Å². The molecule has 3 nitrogen and oxygen atoms in total. The van der Waals surface area contributed by atoms with Crippen LogP contribution in [0.4, 0.5) is 5.69 Å². The number of likely N-dealkylation sites (N-methyl/N-ethyl adjacent to an activating group) is 1. The van der Waals surface area contributed by atoms with Gasteiger partial charge in [0.1, 0.15) is 0 Å². The second kappa shape index (κ2) is 5.29. The summed E-state index contributed by atoms with van der Waals surface area (Å²) in [6.45, 7) is 5.73. The average Bonchev–Trinajstić information content (AvgIpc) is 2.37. The SMILES string of the molecule is Cc1cccc(N(C)C2(CN)CCOC(C)C2)c1. The van der Waals surface area contributed by atoms with Gasteiger partial charge in [-0.15, -0.1) is 0 Å². The molecule has 0 spiro atoms. The lowest BCUT2D eigenvalue weighted by molar-refractivity contribution is -0.00638. The minimum Gasteiger partial charge on any atom is -0.378 e. The van der Waals surface area contributed by atoms with Gasteiger partial charge in [-0.1, -0.05) is 12.1 Å². The topological polar surface area (TPSA) is 38.5 Å². The van der Waals surface area contributed by atoms with E-state index in [4.69, 9.17) is 10.5 Å². The Balaban J connectivity index is 2.26. The standard InChI is InChI=1S/C15H24N2O/c1-12-5-4-6-14(9-12)17(3)15(11-16)7-8-18-13(2)10-15/h4-6,9,13H,7-8,10-11,16H2,1-3H3. The van der Waals surface area contributed by atoms with Gasteiger partial charge in [-0.2, -0.15) is 0 Å². The molecule has 1 heterocycles. The molecule has 1 saturated heterocycles. The second-order valence-electron chi connectivity index (χ2n) is 5.46. The Morgan fingerprint density at radius 3 is 2.89 bits per heavy atom. The van der Waals surface area contributed by atoms with Crippen molar-refractivity contribution in [2.75, 3.05) is 25.1 Å². The zero-order valence-electron chi connectivity index (χ0n) is 11.6. The van der Waals surface area contributed by atoms with Gasteiger partial charge in [-0.25, -0.2) is 0 Å². The Hall–Kier alpha value is -1.06. The van der Waals surface area contributed by atoms with Gasteiger partial charge in [0.2, 0.25) is 0 Å². The largest absolute Gasteiger partial charge is 0.378 e. The second-order valence-corrected chi connectivity index (χ2v) is 5.46. The summed E-state index contributed by atoms with van der Waals surface area (Å²) in [5.41, 5.74) is 8.64. The fourth-order valence-electron chi connectivity index (χ4n) is 2.88. The Morgan fingerprint density at radius 1 is 1.50 bits per heavy atom. The van der Waals surface area contributed by atoms with Crippen LogP contribution in [0.15, 0.2) is 24.3 Å². The third-order valence-corrected chi connectivity index (χ3v) is 4.12. The summed E-state index contributed by atoms with van der Waals surface area (Å²) in [5, 5.41) is 0. The fourth-order valence-corrected chi connectivity index (χ4v) is 2.88.